The summed E-state index contributed by atoms with van der Waals surface area (Å²) in [6.07, 6.45) is 15.1. The monoisotopic (exact) mass is 334 g/mol. The Morgan fingerprint density at radius 3 is 1.88 bits per heavy atom. The molecule has 1 fully saturated rings. The Bertz CT molecular complexity index is 430. The first-order chi connectivity index (χ1) is 11.7. The zero-order valence-corrected chi connectivity index (χ0v) is 15.6. The molecule has 1 aliphatic heterocycles. The average molecular weight is 335 g/mol. The first-order valence-electron chi connectivity index (χ1n) is 9.88. The second-order valence-electron chi connectivity index (χ2n) is 6.96. The molecule has 0 aliphatic carbocycles. The Hall–Kier alpha value is -1.30. The molecule has 1 heterocycles. The molecule has 0 aromatic rings. The van der Waals surface area contributed by atoms with Gasteiger partial charge in [-0.15, -0.1) is 11.8 Å². The third kappa shape index (κ3) is 8.52. The van der Waals surface area contributed by atoms with Crippen molar-refractivity contribution in [1.29, 1.82) is 0 Å². The van der Waals surface area contributed by atoms with Crippen LogP contribution in [0.2, 0.25) is 0 Å². The number of hydrogen-bond donors (Lipinski definition) is 0. The van der Waals surface area contributed by atoms with Crippen molar-refractivity contribution < 1.29 is 14.3 Å². The van der Waals surface area contributed by atoms with E-state index in [0.29, 0.717) is 0 Å². The molecule has 136 valence electrons. The lowest BCUT2D eigenvalue weighted by atomic mass is 9.91. The van der Waals surface area contributed by atoms with Gasteiger partial charge in [-0.05, 0) is 19.3 Å². The van der Waals surface area contributed by atoms with E-state index >= 15 is 0 Å². The van der Waals surface area contributed by atoms with Gasteiger partial charge in [-0.2, -0.15) is 0 Å². The fraction of sp³-hybridized carbons (Fsp3) is 0.810. The Balaban J connectivity index is 1.90. The molecule has 0 bridgehead atoms. The van der Waals surface area contributed by atoms with Crippen molar-refractivity contribution in [2.75, 3.05) is 0 Å². The topological polar surface area (TPSA) is 43.4 Å². The van der Waals surface area contributed by atoms with Crippen LogP contribution in [-0.4, -0.2) is 11.9 Å². The van der Waals surface area contributed by atoms with Gasteiger partial charge in [0.25, 0.3) is 0 Å². The summed E-state index contributed by atoms with van der Waals surface area (Å²) in [5.41, 5.74) is 0. The molecule has 0 aromatic heterocycles. The molecule has 0 radical (unpaired) electrons. The Labute approximate surface area is 147 Å². The van der Waals surface area contributed by atoms with Crippen LogP contribution in [0.4, 0.5) is 0 Å². The van der Waals surface area contributed by atoms with Crippen molar-refractivity contribution in [1.82, 2.24) is 0 Å². The highest BCUT2D eigenvalue weighted by molar-refractivity contribution is 5.96. The number of carbonyl (C=O) groups is 2. The maximum absolute atomic E-state index is 11.5. The standard InChI is InChI=1S/C21H34O3/c1-3-4-5-6-7-8-9-10-11-12-13-14-15-16-17-19-18(2)20(22)24-21(19)23/h18-19H,3-9,12-17H2,1-2H3/t18-,19-/m0/s1. The summed E-state index contributed by atoms with van der Waals surface area (Å²) in [7, 11) is 0. The van der Waals surface area contributed by atoms with Crippen molar-refractivity contribution in [2.24, 2.45) is 11.8 Å². The van der Waals surface area contributed by atoms with Crippen molar-refractivity contribution in [3.8, 4) is 11.8 Å². The highest BCUT2D eigenvalue weighted by Crippen LogP contribution is 2.28. The molecule has 1 saturated heterocycles. The molecule has 1 aliphatic rings. The fourth-order valence-electron chi connectivity index (χ4n) is 3.11. The lowest BCUT2D eigenvalue weighted by Crippen LogP contribution is -2.14. The highest BCUT2D eigenvalue weighted by atomic mass is 16.6. The molecule has 0 saturated carbocycles. The van der Waals surface area contributed by atoms with E-state index < -0.39 is 0 Å². The van der Waals surface area contributed by atoms with Crippen LogP contribution in [0, 0.1) is 23.7 Å². The van der Waals surface area contributed by atoms with E-state index in [1.807, 2.05) is 0 Å². The average Bonchev–Trinajstić information content (AvgIpc) is 2.81. The van der Waals surface area contributed by atoms with E-state index in [9.17, 15) is 9.59 Å². The van der Waals surface area contributed by atoms with Gasteiger partial charge in [0.1, 0.15) is 0 Å². The van der Waals surface area contributed by atoms with Gasteiger partial charge in [-0.3, -0.25) is 9.59 Å². The number of carbonyl (C=O) groups excluding carboxylic acids is 2. The minimum atomic E-state index is -0.356. The van der Waals surface area contributed by atoms with Crippen molar-refractivity contribution in [3.05, 3.63) is 0 Å². The van der Waals surface area contributed by atoms with Gasteiger partial charge >= 0.3 is 11.9 Å². The summed E-state index contributed by atoms with van der Waals surface area (Å²) in [5.74, 6) is 5.40. The predicted octanol–water partition coefficient (Wildman–Crippen LogP) is 5.42. The molecule has 2 atom stereocenters. The molecule has 3 heteroatoms. The summed E-state index contributed by atoms with van der Waals surface area (Å²) in [6.45, 7) is 4.03. The number of unbranched alkanes of at least 4 members (excludes halogenated alkanes) is 10. The van der Waals surface area contributed by atoms with Gasteiger partial charge in [0.2, 0.25) is 0 Å². The smallest absolute Gasteiger partial charge is 0.317 e. The van der Waals surface area contributed by atoms with E-state index in [0.717, 1.165) is 44.9 Å². The lowest BCUT2D eigenvalue weighted by Gasteiger charge is -2.08. The maximum Gasteiger partial charge on any atom is 0.317 e. The van der Waals surface area contributed by atoms with Gasteiger partial charge in [0.15, 0.2) is 0 Å². The molecule has 0 aromatic carbocycles. The molecule has 0 spiro atoms. The lowest BCUT2D eigenvalue weighted by molar-refractivity contribution is -0.153. The second kappa shape index (κ2) is 13.0. The molecule has 24 heavy (non-hydrogen) atoms. The minimum Gasteiger partial charge on any atom is -0.393 e. The number of hydrogen-bond acceptors (Lipinski definition) is 3. The predicted molar refractivity (Wildman–Crippen MR) is 97.2 cm³/mol. The van der Waals surface area contributed by atoms with Crippen LogP contribution in [0.3, 0.4) is 0 Å². The van der Waals surface area contributed by atoms with Crippen molar-refractivity contribution in [2.45, 2.75) is 97.3 Å². The quantitative estimate of drug-likeness (QED) is 0.207. The summed E-state index contributed by atoms with van der Waals surface area (Å²) < 4.78 is 4.66. The molecular weight excluding hydrogens is 300 g/mol. The summed E-state index contributed by atoms with van der Waals surface area (Å²) in [6, 6.07) is 0. The van der Waals surface area contributed by atoms with E-state index in [-0.39, 0.29) is 23.8 Å². The third-order valence-corrected chi connectivity index (χ3v) is 4.83. The normalized spacial score (nSPS) is 19.9. The first-order valence-corrected chi connectivity index (χ1v) is 9.88. The van der Waals surface area contributed by atoms with Crippen LogP contribution in [-0.2, 0) is 14.3 Å². The van der Waals surface area contributed by atoms with Crippen LogP contribution in [0.15, 0.2) is 0 Å². The summed E-state index contributed by atoms with van der Waals surface area (Å²) in [4.78, 5) is 22.8. The van der Waals surface area contributed by atoms with Crippen LogP contribution in [0.5, 0.6) is 0 Å². The Kier molecular flexibility index (Phi) is 11.3. The van der Waals surface area contributed by atoms with Crippen molar-refractivity contribution >= 4 is 11.9 Å². The van der Waals surface area contributed by atoms with E-state index in [1.165, 1.54) is 38.5 Å². The SMILES string of the molecule is CCCCCCCCC#CCCCCCC[C@@H]1C(=O)OC(=O)[C@H]1C. The number of cyclic esters (lactones) is 2. The minimum absolute atomic E-state index is 0.213. The van der Waals surface area contributed by atoms with Gasteiger partial charge in [-0.25, -0.2) is 0 Å². The Morgan fingerprint density at radius 1 is 0.792 bits per heavy atom. The molecule has 0 unspecified atom stereocenters. The molecule has 3 nitrogen and oxygen atoms in total. The van der Waals surface area contributed by atoms with E-state index in [2.05, 4.69) is 23.5 Å². The van der Waals surface area contributed by atoms with E-state index in [1.54, 1.807) is 6.92 Å². The molecule has 0 amide bonds. The third-order valence-electron chi connectivity index (χ3n) is 4.83. The highest BCUT2D eigenvalue weighted by Gasteiger charge is 2.40. The largest absolute Gasteiger partial charge is 0.393 e. The molecule has 1 rings (SSSR count). The molecule has 0 N–H and O–H groups in total. The number of ether oxygens (including phenoxy) is 1. The zero-order valence-electron chi connectivity index (χ0n) is 15.6. The maximum atomic E-state index is 11.5. The zero-order chi connectivity index (χ0) is 17.6. The van der Waals surface area contributed by atoms with Gasteiger partial charge in [0, 0.05) is 12.8 Å². The van der Waals surface area contributed by atoms with E-state index in [4.69, 9.17) is 0 Å². The molecular formula is C21H34O3. The van der Waals surface area contributed by atoms with Crippen LogP contribution in [0.1, 0.15) is 97.3 Å². The Morgan fingerprint density at radius 2 is 1.33 bits per heavy atom. The van der Waals surface area contributed by atoms with Gasteiger partial charge < -0.3 is 4.74 Å². The summed E-state index contributed by atoms with van der Waals surface area (Å²) in [5, 5.41) is 0. The summed E-state index contributed by atoms with van der Waals surface area (Å²) >= 11 is 0. The van der Waals surface area contributed by atoms with Gasteiger partial charge in [-0.1, -0.05) is 65.2 Å². The number of esters is 2. The number of rotatable bonds is 12. The first kappa shape index (κ1) is 20.7. The van der Waals surface area contributed by atoms with Crippen LogP contribution < -0.4 is 0 Å². The van der Waals surface area contributed by atoms with Crippen molar-refractivity contribution in [3.63, 3.8) is 0 Å². The van der Waals surface area contributed by atoms with Crippen LogP contribution in [0.25, 0.3) is 0 Å². The van der Waals surface area contributed by atoms with Crippen LogP contribution >= 0.6 is 0 Å². The van der Waals surface area contributed by atoms with Gasteiger partial charge in [0.05, 0.1) is 11.8 Å². The second-order valence-corrected chi connectivity index (χ2v) is 6.96. The fourth-order valence-corrected chi connectivity index (χ4v) is 3.11.